The molecule has 3 rings (SSSR count). The van der Waals surface area contributed by atoms with Crippen LogP contribution < -0.4 is 5.73 Å². The average Bonchev–Trinajstić information content (AvgIpc) is 3.11. The molecular weight excluding hydrogens is 182 g/mol. The molecule has 1 aromatic carbocycles. The highest BCUT2D eigenvalue weighted by Crippen LogP contribution is 2.53. The van der Waals surface area contributed by atoms with Crippen molar-refractivity contribution in [2.24, 2.45) is 11.1 Å². The van der Waals surface area contributed by atoms with Crippen LogP contribution in [0.1, 0.15) is 55.7 Å². The van der Waals surface area contributed by atoms with Gasteiger partial charge in [0.2, 0.25) is 0 Å². The van der Waals surface area contributed by atoms with Crippen LogP contribution in [0.25, 0.3) is 0 Å². The van der Waals surface area contributed by atoms with Gasteiger partial charge in [-0.2, -0.15) is 0 Å². The molecule has 0 aliphatic heterocycles. The fourth-order valence-corrected chi connectivity index (χ4v) is 2.30. The van der Waals surface area contributed by atoms with Gasteiger partial charge in [0, 0.05) is 6.04 Å². The Morgan fingerprint density at radius 1 is 1.20 bits per heavy atom. The van der Waals surface area contributed by atoms with E-state index in [-0.39, 0.29) is 6.04 Å². The summed E-state index contributed by atoms with van der Waals surface area (Å²) >= 11 is 0. The Labute approximate surface area is 91.7 Å². The molecule has 0 saturated heterocycles. The van der Waals surface area contributed by atoms with E-state index in [1.807, 2.05) is 0 Å². The van der Waals surface area contributed by atoms with E-state index >= 15 is 0 Å². The van der Waals surface area contributed by atoms with Crippen molar-refractivity contribution in [1.82, 2.24) is 0 Å². The van der Waals surface area contributed by atoms with Gasteiger partial charge >= 0.3 is 0 Å². The Kier molecular flexibility index (Phi) is 1.93. The molecular formula is C14H19N. The summed E-state index contributed by atoms with van der Waals surface area (Å²) < 4.78 is 0. The standard InChI is InChI=1S/C14H19N/c1-14(8-9-14)13(15)12-6-4-11(5-7-12)10-2-3-10/h4-7,10,13H,2-3,8-9,15H2,1H3/t13-/m0/s1. The molecule has 0 unspecified atom stereocenters. The first-order valence-electron chi connectivity index (χ1n) is 6.04. The monoisotopic (exact) mass is 201 g/mol. The highest BCUT2D eigenvalue weighted by molar-refractivity contribution is 5.31. The molecule has 0 amide bonds. The van der Waals surface area contributed by atoms with Crippen molar-refractivity contribution in [2.45, 2.75) is 44.6 Å². The topological polar surface area (TPSA) is 26.0 Å². The lowest BCUT2D eigenvalue weighted by atomic mass is 9.92. The zero-order valence-electron chi connectivity index (χ0n) is 9.37. The van der Waals surface area contributed by atoms with Crippen molar-refractivity contribution in [2.75, 3.05) is 0 Å². The van der Waals surface area contributed by atoms with Crippen LogP contribution >= 0.6 is 0 Å². The second-order valence-corrected chi connectivity index (χ2v) is 5.57. The summed E-state index contributed by atoms with van der Waals surface area (Å²) in [5.74, 6) is 0.854. The Hall–Kier alpha value is -0.820. The van der Waals surface area contributed by atoms with E-state index < -0.39 is 0 Å². The van der Waals surface area contributed by atoms with Gasteiger partial charge in [-0.1, -0.05) is 31.2 Å². The Morgan fingerprint density at radius 3 is 2.27 bits per heavy atom. The molecule has 1 nitrogen and oxygen atoms in total. The van der Waals surface area contributed by atoms with E-state index in [1.165, 1.54) is 36.8 Å². The predicted molar refractivity (Wildman–Crippen MR) is 62.7 cm³/mol. The van der Waals surface area contributed by atoms with Gasteiger partial charge in [0.15, 0.2) is 0 Å². The van der Waals surface area contributed by atoms with Crippen LogP contribution in [0.4, 0.5) is 0 Å². The molecule has 1 aromatic rings. The lowest BCUT2D eigenvalue weighted by Crippen LogP contribution is -2.19. The van der Waals surface area contributed by atoms with Gasteiger partial charge in [-0.3, -0.25) is 0 Å². The summed E-state index contributed by atoms with van der Waals surface area (Å²) in [5, 5.41) is 0. The first-order chi connectivity index (χ1) is 7.19. The maximum atomic E-state index is 6.28. The molecule has 80 valence electrons. The van der Waals surface area contributed by atoms with Gasteiger partial charge in [-0.25, -0.2) is 0 Å². The number of benzene rings is 1. The molecule has 0 spiro atoms. The number of hydrogen-bond donors (Lipinski definition) is 1. The maximum Gasteiger partial charge on any atom is 0.0349 e. The predicted octanol–water partition coefficient (Wildman–Crippen LogP) is 3.36. The molecule has 2 N–H and O–H groups in total. The summed E-state index contributed by atoms with van der Waals surface area (Å²) in [7, 11) is 0. The third-order valence-corrected chi connectivity index (χ3v) is 4.13. The van der Waals surface area contributed by atoms with Gasteiger partial charge in [0.05, 0.1) is 0 Å². The molecule has 2 fully saturated rings. The molecule has 0 aromatic heterocycles. The summed E-state index contributed by atoms with van der Waals surface area (Å²) in [6, 6.07) is 9.27. The summed E-state index contributed by atoms with van der Waals surface area (Å²) in [6.07, 6.45) is 5.34. The van der Waals surface area contributed by atoms with Gasteiger partial charge in [-0.15, -0.1) is 0 Å². The SMILES string of the molecule is CC1([C@@H](N)c2ccc(C3CC3)cc2)CC1. The third kappa shape index (κ3) is 1.69. The van der Waals surface area contributed by atoms with E-state index in [4.69, 9.17) is 5.73 Å². The van der Waals surface area contributed by atoms with E-state index in [9.17, 15) is 0 Å². The van der Waals surface area contributed by atoms with E-state index in [0.717, 1.165) is 5.92 Å². The maximum absolute atomic E-state index is 6.28. The average molecular weight is 201 g/mol. The number of nitrogens with two attached hydrogens (primary N) is 1. The van der Waals surface area contributed by atoms with E-state index in [1.54, 1.807) is 0 Å². The quantitative estimate of drug-likeness (QED) is 0.797. The molecule has 15 heavy (non-hydrogen) atoms. The summed E-state index contributed by atoms with van der Waals surface area (Å²) in [4.78, 5) is 0. The molecule has 0 bridgehead atoms. The molecule has 1 atom stereocenters. The number of hydrogen-bond acceptors (Lipinski definition) is 1. The van der Waals surface area contributed by atoms with Crippen molar-refractivity contribution in [3.63, 3.8) is 0 Å². The molecule has 2 saturated carbocycles. The Bertz CT molecular complexity index is 357. The highest BCUT2D eigenvalue weighted by atomic mass is 14.7. The minimum absolute atomic E-state index is 0.241. The lowest BCUT2D eigenvalue weighted by molar-refractivity contribution is 0.451. The minimum Gasteiger partial charge on any atom is -0.323 e. The van der Waals surface area contributed by atoms with Crippen LogP contribution in [0, 0.1) is 5.41 Å². The molecule has 2 aliphatic rings. The van der Waals surface area contributed by atoms with Gasteiger partial charge < -0.3 is 5.73 Å². The van der Waals surface area contributed by atoms with Crippen molar-refractivity contribution in [1.29, 1.82) is 0 Å². The van der Waals surface area contributed by atoms with E-state index in [2.05, 4.69) is 31.2 Å². The van der Waals surface area contributed by atoms with E-state index in [0.29, 0.717) is 5.41 Å². The summed E-state index contributed by atoms with van der Waals surface area (Å²) in [6.45, 7) is 2.30. The van der Waals surface area contributed by atoms with Crippen LogP contribution in [0.5, 0.6) is 0 Å². The second-order valence-electron chi connectivity index (χ2n) is 5.57. The smallest absolute Gasteiger partial charge is 0.0349 e. The van der Waals surface area contributed by atoms with Crippen molar-refractivity contribution in [3.8, 4) is 0 Å². The van der Waals surface area contributed by atoms with Crippen LogP contribution in [0.2, 0.25) is 0 Å². The Morgan fingerprint density at radius 2 is 1.80 bits per heavy atom. The van der Waals surface area contributed by atoms with Crippen molar-refractivity contribution < 1.29 is 0 Å². The van der Waals surface area contributed by atoms with Gasteiger partial charge in [0.1, 0.15) is 0 Å². The normalized spacial score (nSPS) is 24.9. The van der Waals surface area contributed by atoms with Crippen LogP contribution in [0.3, 0.4) is 0 Å². The second kappa shape index (κ2) is 3.08. The number of rotatable bonds is 3. The molecule has 2 aliphatic carbocycles. The largest absolute Gasteiger partial charge is 0.323 e. The van der Waals surface area contributed by atoms with Crippen LogP contribution in [-0.2, 0) is 0 Å². The molecule has 0 radical (unpaired) electrons. The summed E-state index contributed by atoms with van der Waals surface area (Å²) in [5.41, 5.74) is 9.49. The first kappa shape index (κ1) is 9.41. The first-order valence-corrected chi connectivity index (χ1v) is 6.04. The fourth-order valence-electron chi connectivity index (χ4n) is 2.30. The fraction of sp³-hybridized carbons (Fsp3) is 0.571. The minimum atomic E-state index is 0.241. The van der Waals surface area contributed by atoms with Gasteiger partial charge in [0.25, 0.3) is 0 Å². The van der Waals surface area contributed by atoms with Crippen molar-refractivity contribution >= 4 is 0 Å². The highest BCUT2D eigenvalue weighted by Gasteiger charge is 2.43. The lowest BCUT2D eigenvalue weighted by Gasteiger charge is -2.19. The van der Waals surface area contributed by atoms with Crippen LogP contribution in [0.15, 0.2) is 24.3 Å². The van der Waals surface area contributed by atoms with Gasteiger partial charge in [-0.05, 0) is 48.1 Å². The zero-order valence-corrected chi connectivity index (χ0v) is 9.37. The van der Waals surface area contributed by atoms with Crippen molar-refractivity contribution in [3.05, 3.63) is 35.4 Å². The Balaban J connectivity index is 1.80. The zero-order chi connectivity index (χ0) is 10.5. The van der Waals surface area contributed by atoms with Crippen LogP contribution in [-0.4, -0.2) is 0 Å². The third-order valence-electron chi connectivity index (χ3n) is 4.13. The molecule has 1 heteroatoms. The molecule has 0 heterocycles.